The van der Waals surface area contributed by atoms with Gasteiger partial charge in [0, 0.05) is 13.2 Å². The van der Waals surface area contributed by atoms with Crippen LogP contribution in [-0.2, 0) is 0 Å². The molecular weight excluding hydrogens is 275 g/mol. The van der Waals surface area contributed by atoms with Crippen LogP contribution in [0.5, 0.6) is 5.75 Å². The highest BCUT2D eigenvalue weighted by Crippen LogP contribution is 2.10. The zero-order chi connectivity index (χ0) is 15.2. The number of H-pyrrole nitrogens is 1. The van der Waals surface area contributed by atoms with Gasteiger partial charge in [0.15, 0.2) is 0 Å². The van der Waals surface area contributed by atoms with E-state index in [1.807, 2.05) is 0 Å². The van der Waals surface area contributed by atoms with E-state index in [-0.39, 0.29) is 23.9 Å². The highest BCUT2D eigenvalue weighted by Gasteiger charge is 2.14. The molecule has 110 valence electrons. The summed E-state index contributed by atoms with van der Waals surface area (Å²) < 4.78 is 18.1. The number of aromatic amines is 1. The third-order valence-electron chi connectivity index (χ3n) is 2.90. The summed E-state index contributed by atoms with van der Waals surface area (Å²) in [4.78, 5) is 27.4. The third-order valence-corrected chi connectivity index (χ3v) is 2.90. The SMILES string of the molecule is CN(CCOc1ccc(F)cc1)C(=O)c1ccc[nH]c1=O. The Balaban J connectivity index is 1.88. The van der Waals surface area contributed by atoms with Gasteiger partial charge in [0.1, 0.15) is 23.7 Å². The number of nitrogens with zero attached hydrogens (tertiary/aromatic N) is 1. The number of hydrogen-bond donors (Lipinski definition) is 1. The van der Waals surface area contributed by atoms with Crippen LogP contribution in [-0.4, -0.2) is 36.0 Å². The highest BCUT2D eigenvalue weighted by atomic mass is 19.1. The summed E-state index contributed by atoms with van der Waals surface area (Å²) in [5.41, 5.74) is -0.337. The number of hydrogen-bond acceptors (Lipinski definition) is 3. The predicted octanol–water partition coefficient (Wildman–Crippen LogP) is 1.66. The minimum atomic E-state index is -0.422. The van der Waals surface area contributed by atoms with E-state index >= 15 is 0 Å². The first-order valence-electron chi connectivity index (χ1n) is 6.39. The lowest BCUT2D eigenvalue weighted by Crippen LogP contribution is -2.34. The number of rotatable bonds is 5. The van der Waals surface area contributed by atoms with Crippen molar-refractivity contribution in [3.63, 3.8) is 0 Å². The lowest BCUT2D eigenvalue weighted by atomic mass is 10.2. The average molecular weight is 290 g/mol. The molecule has 1 aromatic heterocycles. The molecule has 1 N–H and O–H groups in total. The molecule has 0 fully saturated rings. The summed E-state index contributed by atoms with van der Waals surface area (Å²) in [5.74, 6) is -0.188. The number of amides is 1. The van der Waals surface area contributed by atoms with Crippen molar-refractivity contribution in [3.05, 3.63) is 64.3 Å². The molecule has 0 radical (unpaired) electrons. The summed E-state index contributed by atoms with van der Waals surface area (Å²) in [7, 11) is 1.59. The first-order chi connectivity index (χ1) is 10.1. The molecule has 5 nitrogen and oxygen atoms in total. The van der Waals surface area contributed by atoms with Gasteiger partial charge in [-0.3, -0.25) is 9.59 Å². The standard InChI is InChI=1S/C15H15FN2O3/c1-18(15(20)13-3-2-8-17-14(13)19)9-10-21-12-6-4-11(16)5-7-12/h2-8H,9-10H2,1H3,(H,17,19). The molecule has 0 aliphatic heterocycles. The number of pyridine rings is 1. The molecule has 0 bridgehead atoms. The van der Waals surface area contributed by atoms with Gasteiger partial charge in [0.05, 0.1) is 6.54 Å². The Morgan fingerprint density at radius 1 is 1.29 bits per heavy atom. The largest absolute Gasteiger partial charge is 0.492 e. The lowest BCUT2D eigenvalue weighted by molar-refractivity contribution is 0.0772. The Labute approximate surface area is 121 Å². The molecular formula is C15H15FN2O3. The van der Waals surface area contributed by atoms with Crippen LogP contribution in [0.3, 0.4) is 0 Å². The second-order valence-corrected chi connectivity index (χ2v) is 4.44. The van der Waals surface area contributed by atoms with Gasteiger partial charge in [0.25, 0.3) is 11.5 Å². The van der Waals surface area contributed by atoms with Crippen molar-refractivity contribution in [1.29, 1.82) is 0 Å². The van der Waals surface area contributed by atoms with Gasteiger partial charge in [-0.1, -0.05) is 0 Å². The fourth-order valence-electron chi connectivity index (χ4n) is 1.73. The maximum Gasteiger partial charge on any atom is 0.260 e. The number of ether oxygens (including phenoxy) is 1. The van der Waals surface area contributed by atoms with E-state index < -0.39 is 5.56 Å². The van der Waals surface area contributed by atoms with E-state index in [0.717, 1.165) is 0 Å². The molecule has 1 heterocycles. The molecule has 2 rings (SSSR count). The number of benzene rings is 1. The maximum atomic E-state index is 12.7. The van der Waals surface area contributed by atoms with Crippen LogP contribution >= 0.6 is 0 Å². The first-order valence-corrected chi connectivity index (χ1v) is 6.39. The van der Waals surface area contributed by atoms with Crippen LogP contribution in [0.1, 0.15) is 10.4 Å². The Morgan fingerprint density at radius 2 is 2.00 bits per heavy atom. The minimum absolute atomic E-state index is 0.0850. The molecule has 0 aliphatic rings. The smallest absolute Gasteiger partial charge is 0.260 e. The van der Waals surface area contributed by atoms with Gasteiger partial charge in [-0.05, 0) is 36.4 Å². The van der Waals surface area contributed by atoms with Gasteiger partial charge < -0.3 is 14.6 Å². The second-order valence-electron chi connectivity index (χ2n) is 4.44. The van der Waals surface area contributed by atoms with Gasteiger partial charge in [-0.2, -0.15) is 0 Å². The van der Waals surface area contributed by atoms with Crippen LogP contribution in [0, 0.1) is 5.82 Å². The van der Waals surface area contributed by atoms with E-state index in [9.17, 15) is 14.0 Å². The average Bonchev–Trinajstić information content (AvgIpc) is 2.49. The van der Waals surface area contributed by atoms with Crippen LogP contribution < -0.4 is 10.3 Å². The number of carbonyl (C=O) groups is 1. The first kappa shape index (κ1) is 14.8. The van der Waals surface area contributed by atoms with Gasteiger partial charge in [-0.15, -0.1) is 0 Å². The van der Waals surface area contributed by atoms with E-state index in [1.54, 1.807) is 13.1 Å². The van der Waals surface area contributed by atoms with E-state index in [4.69, 9.17) is 4.74 Å². The summed E-state index contributed by atoms with van der Waals surface area (Å²) in [5, 5.41) is 0. The van der Waals surface area contributed by atoms with Gasteiger partial charge in [-0.25, -0.2) is 4.39 Å². The predicted molar refractivity (Wildman–Crippen MR) is 75.9 cm³/mol. The van der Waals surface area contributed by atoms with Crippen molar-refractivity contribution in [3.8, 4) is 5.75 Å². The molecule has 0 saturated carbocycles. The normalized spacial score (nSPS) is 10.2. The summed E-state index contributed by atoms with van der Waals surface area (Å²) in [6.07, 6.45) is 1.47. The van der Waals surface area contributed by atoms with E-state index in [1.165, 1.54) is 41.4 Å². The van der Waals surface area contributed by atoms with Crippen LogP contribution in [0.15, 0.2) is 47.4 Å². The third kappa shape index (κ3) is 3.92. The van der Waals surface area contributed by atoms with Crippen LogP contribution in [0.2, 0.25) is 0 Å². The molecule has 0 aliphatic carbocycles. The molecule has 0 atom stereocenters. The monoisotopic (exact) mass is 290 g/mol. The molecule has 1 aromatic carbocycles. The number of likely N-dealkylation sites (N-methyl/N-ethyl adjacent to an activating group) is 1. The van der Waals surface area contributed by atoms with Gasteiger partial charge in [0.2, 0.25) is 0 Å². The highest BCUT2D eigenvalue weighted by molar-refractivity contribution is 5.93. The second kappa shape index (κ2) is 6.69. The molecule has 21 heavy (non-hydrogen) atoms. The van der Waals surface area contributed by atoms with Crippen molar-refractivity contribution in [2.24, 2.45) is 0 Å². The van der Waals surface area contributed by atoms with Crippen molar-refractivity contribution < 1.29 is 13.9 Å². The Bertz CT molecular complexity index is 667. The number of halogens is 1. The fourth-order valence-corrected chi connectivity index (χ4v) is 1.73. The van der Waals surface area contributed by atoms with Crippen molar-refractivity contribution in [2.75, 3.05) is 20.2 Å². The molecule has 6 heteroatoms. The molecule has 0 unspecified atom stereocenters. The van der Waals surface area contributed by atoms with E-state index in [2.05, 4.69) is 4.98 Å². The Hall–Kier alpha value is -2.63. The van der Waals surface area contributed by atoms with Crippen LogP contribution in [0.4, 0.5) is 4.39 Å². The fraction of sp³-hybridized carbons (Fsp3) is 0.200. The summed E-state index contributed by atoms with van der Waals surface area (Å²) >= 11 is 0. The Kier molecular flexibility index (Phi) is 4.71. The summed E-state index contributed by atoms with van der Waals surface area (Å²) in [6, 6.07) is 8.69. The summed E-state index contributed by atoms with van der Waals surface area (Å²) in [6.45, 7) is 0.559. The number of aromatic nitrogens is 1. The van der Waals surface area contributed by atoms with Crippen LogP contribution in [0.25, 0.3) is 0 Å². The Morgan fingerprint density at radius 3 is 2.67 bits per heavy atom. The molecule has 0 saturated heterocycles. The van der Waals surface area contributed by atoms with Crippen molar-refractivity contribution in [1.82, 2.24) is 9.88 Å². The molecule has 1 amide bonds. The quantitative estimate of drug-likeness (QED) is 0.911. The van der Waals surface area contributed by atoms with Crippen molar-refractivity contribution >= 4 is 5.91 Å². The zero-order valence-electron chi connectivity index (χ0n) is 11.5. The van der Waals surface area contributed by atoms with E-state index in [0.29, 0.717) is 12.3 Å². The topological polar surface area (TPSA) is 62.4 Å². The minimum Gasteiger partial charge on any atom is -0.492 e. The zero-order valence-corrected chi connectivity index (χ0v) is 11.5. The maximum absolute atomic E-state index is 12.7. The number of carbonyl (C=O) groups excluding carboxylic acids is 1. The molecule has 2 aromatic rings. The van der Waals surface area contributed by atoms with Gasteiger partial charge >= 0.3 is 0 Å². The number of nitrogens with one attached hydrogen (secondary N) is 1. The molecule has 0 spiro atoms. The van der Waals surface area contributed by atoms with Crippen molar-refractivity contribution in [2.45, 2.75) is 0 Å². The lowest BCUT2D eigenvalue weighted by Gasteiger charge is -2.17.